The van der Waals surface area contributed by atoms with E-state index in [4.69, 9.17) is 11.0 Å². The Hall–Kier alpha value is -3.66. The van der Waals surface area contributed by atoms with Gasteiger partial charge in [0.15, 0.2) is 0 Å². The van der Waals surface area contributed by atoms with Crippen molar-refractivity contribution < 1.29 is 4.42 Å². The van der Waals surface area contributed by atoms with Crippen molar-refractivity contribution in [2.45, 2.75) is 0 Å². The maximum atomic E-state index is 7.73. The summed E-state index contributed by atoms with van der Waals surface area (Å²) in [6.07, 6.45) is 1.61. The van der Waals surface area contributed by atoms with Crippen LogP contribution in [0.4, 0.5) is 11.4 Å². The van der Waals surface area contributed by atoms with Gasteiger partial charge in [0, 0.05) is 56.6 Å². The molecule has 0 unspecified atom stereocenters. The molecule has 160 valence electrons. The molecule has 3 heterocycles. The summed E-state index contributed by atoms with van der Waals surface area (Å²) in [6, 6.07) is 20.3. The third-order valence-electron chi connectivity index (χ3n) is 5.86. The molecule has 5 rings (SSSR count). The summed E-state index contributed by atoms with van der Waals surface area (Å²) in [4.78, 5) is 10.7. The van der Waals surface area contributed by atoms with E-state index in [1.54, 1.807) is 6.20 Å². The van der Waals surface area contributed by atoms with Crippen LogP contribution in [0.1, 0.15) is 0 Å². The summed E-state index contributed by atoms with van der Waals surface area (Å²) in [7, 11) is 0. The maximum absolute atomic E-state index is 7.73. The van der Waals surface area contributed by atoms with Crippen molar-refractivity contribution in [3.63, 3.8) is 0 Å². The van der Waals surface area contributed by atoms with Crippen LogP contribution < -0.4 is 10.6 Å². The van der Waals surface area contributed by atoms with Crippen LogP contribution in [0.2, 0.25) is 0 Å². The van der Waals surface area contributed by atoms with Gasteiger partial charge in [-0.15, -0.1) is 0 Å². The average Bonchev–Trinajstić information content (AvgIpc) is 3.26. The van der Waals surface area contributed by atoms with Crippen LogP contribution in [0.15, 0.2) is 71.3 Å². The Kier molecular flexibility index (Phi) is 5.84. The lowest BCUT2D eigenvalue weighted by Crippen LogP contribution is -2.45. The maximum Gasteiger partial charge on any atom is 0.228 e. The van der Waals surface area contributed by atoms with Gasteiger partial charge in [-0.2, -0.15) is 0 Å². The van der Waals surface area contributed by atoms with Crippen LogP contribution in [0.5, 0.6) is 0 Å². The lowest BCUT2D eigenvalue weighted by atomic mass is 9.98. The SMILES string of the molecule is [C-]#[N+]c1cnc2oc(-c3ccccc3)c(-c3ccccc3)c2c1NCCN1CCNCC1. The normalized spacial score (nSPS) is 14.3. The Morgan fingerprint density at radius 2 is 1.69 bits per heavy atom. The molecule has 0 spiro atoms. The van der Waals surface area contributed by atoms with Crippen LogP contribution in [-0.2, 0) is 0 Å². The van der Waals surface area contributed by atoms with Gasteiger partial charge < -0.3 is 15.1 Å². The molecule has 1 saturated heterocycles. The van der Waals surface area contributed by atoms with E-state index < -0.39 is 0 Å². The number of fused-ring (bicyclic) bond motifs is 1. The van der Waals surface area contributed by atoms with E-state index in [1.807, 2.05) is 48.5 Å². The van der Waals surface area contributed by atoms with Crippen molar-refractivity contribution in [3.8, 4) is 22.5 Å². The number of nitrogens with one attached hydrogen (secondary N) is 2. The minimum absolute atomic E-state index is 0.510. The van der Waals surface area contributed by atoms with Crippen LogP contribution in [0.25, 0.3) is 38.4 Å². The van der Waals surface area contributed by atoms with Crippen molar-refractivity contribution in [1.82, 2.24) is 15.2 Å². The van der Waals surface area contributed by atoms with Crippen molar-refractivity contribution in [2.75, 3.05) is 44.6 Å². The number of aromatic nitrogens is 1. The summed E-state index contributed by atoms with van der Waals surface area (Å²) < 4.78 is 6.30. The monoisotopic (exact) mass is 423 g/mol. The molecule has 2 aromatic heterocycles. The molecule has 0 aliphatic carbocycles. The number of hydrogen-bond donors (Lipinski definition) is 2. The fourth-order valence-electron chi connectivity index (χ4n) is 4.26. The highest BCUT2D eigenvalue weighted by Crippen LogP contribution is 2.45. The quantitative estimate of drug-likeness (QED) is 0.426. The van der Waals surface area contributed by atoms with Crippen molar-refractivity contribution >= 4 is 22.5 Å². The number of hydrogen-bond acceptors (Lipinski definition) is 5. The second-order valence-corrected chi connectivity index (χ2v) is 7.87. The molecule has 0 radical (unpaired) electrons. The number of furan rings is 1. The largest absolute Gasteiger partial charge is 0.437 e. The van der Waals surface area contributed by atoms with E-state index in [-0.39, 0.29) is 0 Å². The molecule has 0 bridgehead atoms. The minimum atomic E-state index is 0.510. The highest BCUT2D eigenvalue weighted by atomic mass is 16.3. The number of nitrogens with zero attached hydrogens (tertiary/aromatic N) is 3. The summed E-state index contributed by atoms with van der Waals surface area (Å²) in [5.41, 5.74) is 4.84. The van der Waals surface area contributed by atoms with Gasteiger partial charge in [-0.1, -0.05) is 60.7 Å². The Morgan fingerprint density at radius 3 is 2.38 bits per heavy atom. The number of rotatable bonds is 6. The number of benzene rings is 2. The smallest absolute Gasteiger partial charge is 0.228 e. The molecular weight excluding hydrogens is 398 g/mol. The lowest BCUT2D eigenvalue weighted by Gasteiger charge is -2.27. The Labute approximate surface area is 187 Å². The zero-order valence-electron chi connectivity index (χ0n) is 17.8. The average molecular weight is 424 g/mol. The number of pyridine rings is 1. The van der Waals surface area contributed by atoms with E-state index in [1.165, 1.54) is 0 Å². The van der Waals surface area contributed by atoms with E-state index in [2.05, 4.69) is 37.5 Å². The van der Waals surface area contributed by atoms with E-state index >= 15 is 0 Å². The molecule has 1 fully saturated rings. The molecular formula is C26H25N5O. The van der Waals surface area contributed by atoms with Gasteiger partial charge in [0.05, 0.1) is 17.6 Å². The first kappa shape index (κ1) is 20.3. The van der Waals surface area contributed by atoms with Gasteiger partial charge in [0.2, 0.25) is 11.4 Å². The third kappa shape index (κ3) is 3.96. The minimum Gasteiger partial charge on any atom is -0.437 e. The van der Waals surface area contributed by atoms with Crippen LogP contribution in [-0.4, -0.2) is 49.2 Å². The molecule has 6 heteroatoms. The molecule has 0 saturated carbocycles. The topological polar surface area (TPSA) is 57.7 Å². The van der Waals surface area contributed by atoms with Crippen LogP contribution in [0.3, 0.4) is 0 Å². The van der Waals surface area contributed by atoms with Crippen LogP contribution in [0, 0.1) is 6.57 Å². The van der Waals surface area contributed by atoms with Gasteiger partial charge in [-0.05, 0) is 5.56 Å². The van der Waals surface area contributed by atoms with Gasteiger partial charge in [0.25, 0.3) is 0 Å². The Balaban J connectivity index is 1.62. The first-order valence-corrected chi connectivity index (χ1v) is 11.0. The fraction of sp³-hybridized carbons (Fsp3) is 0.231. The second-order valence-electron chi connectivity index (χ2n) is 7.87. The third-order valence-corrected chi connectivity index (χ3v) is 5.86. The van der Waals surface area contributed by atoms with Crippen molar-refractivity contribution in [3.05, 3.63) is 78.3 Å². The highest BCUT2D eigenvalue weighted by molar-refractivity contribution is 6.10. The van der Waals surface area contributed by atoms with Crippen molar-refractivity contribution in [1.29, 1.82) is 0 Å². The molecule has 1 aliphatic heterocycles. The zero-order valence-corrected chi connectivity index (χ0v) is 17.8. The summed E-state index contributed by atoms with van der Waals surface area (Å²) >= 11 is 0. The molecule has 2 N–H and O–H groups in total. The molecule has 0 atom stereocenters. The predicted octanol–water partition coefficient (Wildman–Crippen LogP) is 5.03. The number of anilines is 1. The first-order valence-electron chi connectivity index (χ1n) is 11.0. The molecule has 4 aromatic rings. The highest BCUT2D eigenvalue weighted by Gasteiger charge is 2.23. The standard InChI is InChI=1S/C26H25N5O/c1-27-21-18-30-26-23(24(21)29-14-17-31-15-12-28-13-16-31)22(19-8-4-2-5-9-19)25(32-26)20-10-6-3-7-11-20/h2-11,18,28H,12-17H2,(H,29,30). The number of piperazine rings is 1. The van der Waals surface area contributed by atoms with Gasteiger partial charge in [-0.25, -0.2) is 9.83 Å². The summed E-state index contributed by atoms with van der Waals surface area (Å²) in [5.74, 6) is 0.770. The van der Waals surface area contributed by atoms with Gasteiger partial charge >= 0.3 is 0 Å². The van der Waals surface area contributed by atoms with E-state index in [0.717, 1.165) is 72.8 Å². The molecule has 0 amide bonds. The summed E-state index contributed by atoms with van der Waals surface area (Å²) in [5, 5.41) is 7.80. The first-order chi connectivity index (χ1) is 15.8. The molecule has 2 aromatic carbocycles. The van der Waals surface area contributed by atoms with Crippen LogP contribution >= 0.6 is 0 Å². The van der Waals surface area contributed by atoms with Gasteiger partial charge in [0.1, 0.15) is 5.76 Å². The lowest BCUT2D eigenvalue weighted by molar-refractivity contribution is 0.249. The van der Waals surface area contributed by atoms with E-state index in [9.17, 15) is 0 Å². The summed E-state index contributed by atoms with van der Waals surface area (Å²) in [6.45, 7) is 13.5. The Bertz CT molecular complexity index is 1240. The second kappa shape index (κ2) is 9.23. The fourth-order valence-corrected chi connectivity index (χ4v) is 4.26. The predicted molar refractivity (Wildman–Crippen MR) is 129 cm³/mol. The molecule has 32 heavy (non-hydrogen) atoms. The molecule has 1 aliphatic rings. The zero-order chi connectivity index (χ0) is 21.8. The molecule has 6 nitrogen and oxygen atoms in total. The Morgan fingerprint density at radius 1 is 1.00 bits per heavy atom. The van der Waals surface area contributed by atoms with Gasteiger partial charge in [-0.3, -0.25) is 4.90 Å². The van der Waals surface area contributed by atoms with Crippen molar-refractivity contribution in [2.24, 2.45) is 0 Å². The van der Waals surface area contributed by atoms with E-state index in [0.29, 0.717) is 11.4 Å².